The van der Waals surface area contributed by atoms with Gasteiger partial charge in [-0.3, -0.25) is 9.78 Å². The number of amides is 1. The van der Waals surface area contributed by atoms with E-state index in [0.717, 1.165) is 11.3 Å². The maximum Gasteiger partial charge on any atom is 0.271 e. The third-order valence-electron chi connectivity index (χ3n) is 2.63. The first-order chi connectivity index (χ1) is 9.15. The monoisotopic (exact) mass is 259 g/mol. The molecule has 4 nitrogen and oxygen atoms in total. The van der Waals surface area contributed by atoms with Crippen LogP contribution in [0.5, 0.6) is 0 Å². The molecule has 1 aromatic carbocycles. The van der Waals surface area contributed by atoms with Gasteiger partial charge in [-0.2, -0.15) is 0 Å². The highest BCUT2D eigenvalue weighted by Gasteiger charge is 2.06. The van der Waals surface area contributed by atoms with Gasteiger partial charge in [0.25, 0.3) is 5.91 Å². The van der Waals surface area contributed by atoms with Crippen LogP contribution in [0.4, 0.5) is 4.39 Å². The maximum absolute atomic E-state index is 12.7. The fraction of sp³-hybridized carbons (Fsp3) is 0.214. The molecule has 2 rings (SSSR count). The van der Waals surface area contributed by atoms with Crippen LogP contribution in [0.15, 0.2) is 36.7 Å². The van der Waals surface area contributed by atoms with Gasteiger partial charge in [0, 0.05) is 12.7 Å². The third kappa shape index (κ3) is 3.84. The lowest BCUT2D eigenvalue weighted by atomic mass is 10.1. The first-order valence-corrected chi connectivity index (χ1v) is 5.96. The number of hydrogen-bond acceptors (Lipinski definition) is 3. The lowest BCUT2D eigenvalue weighted by molar-refractivity contribution is 0.0948. The fourth-order valence-electron chi connectivity index (χ4n) is 1.57. The molecule has 5 heteroatoms. The van der Waals surface area contributed by atoms with Crippen molar-refractivity contribution in [3.05, 3.63) is 59.4 Å². The van der Waals surface area contributed by atoms with Gasteiger partial charge in [-0.25, -0.2) is 9.37 Å². The van der Waals surface area contributed by atoms with E-state index in [-0.39, 0.29) is 11.7 Å². The number of aryl methyl sites for hydroxylation is 1. The summed E-state index contributed by atoms with van der Waals surface area (Å²) in [7, 11) is 0. The zero-order valence-electron chi connectivity index (χ0n) is 10.6. The van der Waals surface area contributed by atoms with Crippen molar-refractivity contribution < 1.29 is 9.18 Å². The molecule has 2 aromatic rings. The minimum Gasteiger partial charge on any atom is -0.350 e. The van der Waals surface area contributed by atoms with Crippen molar-refractivity contribution in [2.45, 2.75) is 13.3 Å². The molecule has 0 atom stereocenters. The minimum absolute atomic E-state index is 0.255. The van der Waals surface area contributed by atoms with E-state index < -0.39 is 0 Å². The second kappa shape index (κ2) is 6.04. The molecule has 0 aliphatic heterocycles. The van der Waals surface area contributed by atoms with Crippen LogP contribution in [0.2, 0.25) is 0 Å². The van der Waals surface area contributed by atoms with Crippen LogP contribution >= 0.6 is 0 Å². The van der Waals surface area contributed by atoms with E-state index in [1.54, 1.807) is 18.3 Å². The summed E-state index contributed by atoms with van der Waals surface area (Å²) >= 11 is 0. The van der Waals surface area contributed by atoms with Gasteiger partial charge in [-0.1, -0.05) is 12.1 Å². The predicted molar refractivity (Wildman–Crippen MR) is 69.2 cm³/mol. The third-order valence-corrected chi connectivity index (χ3v) is 2.63. The van der Waals surface area contributed by atoms with E-state index >= 15 is 0 Å². The number of rotatable bonds is 4. The Morgan fingerprint density at radius 3 is 2.58 bits per heavy atom. The van der Waals surface area contributed by atoms with Crippen molar-refractivity contribution in [1.29, 1.82) is 0 Å². The Balaban J connectivity index is 1.84. The van der Waals surface area contributed by atoms with Crippen molar-refractivity contribution in [2.24, 2.45) is 0 Å². The molecule has 1 N–H and O–H groups in total. The Kier molecular flexibility index (Phi) is 4.18. The molecule has 0 unspecified atom stereocenters. The van der Waals surface area contributed by atoms with E-state index in [0.29, 0.717) is 18.7 Å². The van der Waals surface area contributed by atoms with Crippen molar-refractivity contribution in [2.75, 3.05) is 6.54 Å². The van der Waals surface area contributed by atoms with Crippen molar-refractivity contribution in [3.8, 4) is 0 Å². The summed E-state index contributed by atoms with van der Waals surface area (Å²) in [4.78, 5) is 19.7. The Morgan fingerprint density at radius 1 is 1.21 bits per heavy atom. The number of carbonyl (C=O) groups is 1. The number of halogens is 1. The summed E-state index contributed by atoms with van der Waals surface area (Å²) in [5.41, 5.74) is 2.03. The van der Waals surface area contributed by atoms with Gasteiger partial charge in [0.1, 0.15) is 11.5 Å². The van der Waals surface area contributed by atoms with Crippen molar-refractivity contribution >= 4 is 5.91 Å². The first kappa shape index (κ1) is 13.1. The first-order valence-electron chi connectivity index (χ1n) is 5.96. The standard InChI is InChI=1S/C14H14FN3O/c1-10-8-18-13(9-17-10)14(19)16-7-6-11-2-4-12(15)5-3-11/h2-5,8-9H,6-7H2,1H3,(H,16,19). The zero-order valence-corrected chi connectivity index (χ0v) is 10.6. The molecule has 1 heterocycles. The summed E-state index contributed by atoms with van der Waals surface area (Å²) in [5, 5.41) is 2.75. The smallest absolute Gasteiger partial charge is 0.271 e. The van der Waals surface area contributed by atoms with E-state index in [1.165, 1.54) is 18.3 Å². The second-order valence-electron chi connectivity index (χ2n) is 4.18. The maximum atomic E-state index is 12.7. The van der Waals surface area contributed by atoms with E-state index in [9.17, 15) is 9.18 Å². The van der Waals surface area contributed by atoms with Crippen molar-refractivity contribution in [3.63, 3.8) is 0 Å². The molecule has 0 bridgehead atoms. The Morgan fingerprint density at radius 2 is 1.95 bits per heavy atom. The number of hydrogen-bond donors (Lipinski definition) is 1. The van der Waals surface area contributed by atoms with E-state index in [1.807, 2.05) is 6.92 Å². The Bertz CT molecular complexity index is 552. The number of carbonyl (C=O) groups excluding carboxylic acids is 1. The summed E-state index contributed by atoms with van der Waals surface area (Å²) < 4.78 is 12.7. The lowest BCUT2D eigenvalue weighted by Gasteiger charge is -2.04. The fourth-order valence-corrected chi connectivity index (χ4v) is 1.57. The van der Waals surface area contributed by atoms with Crippen LogP contribution in [-0.4, -0.2) is 22.4 Å². The van der Waals surface area contributed by atoms with Gasteiger partial charge < -0.3 is 5.32 Å². The zero-order chi connectivity index (χ0) is 13.7. The second-order valence-corrected chi connectivity index (χ2v) is 4.18. The van der Waals surface area contributed by atoms with Gasteiger partial charge in [0.05, 0.1) is 11.9 Å². The van der Waals surface area contributed by atoms with Crippen LogP contribution in [0.25, 0.3) is 0 Å². The molecule has 0 aliphatic carbocycles. The lowest BCUT2D eigenvalue weighted by Crippen LogP contribution is -2.26. The molecule has 1 aromatic heterocycles. The van der Waals surface area contributed by atoms with Crippen LogP contribution in [-0.2, 0) is 6.42 Å². The van der Waals surface area contributed by atoms with E-state index in [4.69, 9.17) is 0 Å². The van der Waals surface area contributed by atoms with Crippen LogP contribution in [0, 0.1) is 12.7 Å². The summed E-state index contributed by atoms with van der Waals surface area (Å²) in [6.45, 7) is 2.28. The predicted octanol–water partition coefficient (Wildman–Crippen LogP) is 1.90. The molecule has 0 fully saturated rings. The highest BCUT2D eigenvalue weighted by atomic mass is 19.1. The molecule has 19 heavy (non-hydrogen) atoms. The molecule has 1 amide bonds. The molecule has 0 saturated carbocycles. The summed E-state index contributed by atoms with van der Waals surface area (Å²) in [6, 6.07) is 6.21. The van der Waals surface area contributed by atoms with Crippen LogP contribution in [0.1, 0.15) is 21.7 Å². The quantitative estimate of drug-likeness (QED) is 0.912. The number of nitrogens with one attached hydrogen (secondary N) is 1. The summed E-state index contributed by atoms with van der Waals surface area (Å²) in [6.07, 6.45) is 3.64. The van der Waals surface area contributed by atoms with Crippen LogP contribution < -0.4 is 5.32 Å². The molecule has 0 saturated heterocycles. The molecule has 0 radical (unpaired) electrons. The molecule has 0 aliphatic rings. The Hall–Kier alpha value is -2.30. The SMILES string of the molecule is Cc1cnc(C(=O)NCCc2ccc(F)cc2)cn1. The highest BCUT2D eigenvalue weighted by Crippen LogP contribution is 2.03. The minimum atomic E-state index is -0.261. The molecular weight excluding hydrogens is 245 g/mol. The highest BCUT2D eigenvalue weighted by molar-refractivity contribution is 5.91. The van der Waals surface area contributed by atoms with Gasteiger partial charge in [-0.05, 0) is 31.0 Å². The number of aromatic nitrogens is 2. The van der Waals surface area contributed by atoms with Gasteiger partial charge in [0.2, 0.25) is 0 Å². The van der Waals surface area contributed by atoms with Crippen molar-refractivity contribution in [1.82, 2.24) is 15.3 Å². The van der Waals surface area contributed by atoms with Gasteiger partial charge in [-0.15, -0.1) is 0 Å². The Labute approximate surface area is 110 Å². The van der Waals surface area contributed by atoms with E-state index in [2.05, 4.69) is 15.3 Å². The van der Waals surface area contributed by atoms with Gasteiger partial charge in [0.15, 0.2) is 0 Å². The largest absolute Gasteiger partial charge is 0.350 e. The normalized spacial score (nSPS) is 10.2. The average Bonchev–Trinajstić information content (AvgIpc) is 2.41. The molecule has 0 spiro atoms. The molecule has 98 valence electrons. The van der Waals surface area contributed by atoms with Crippen LogP contribution in [0.3, 0.4) is 0 Å². The number of nitrogens with zero attached hydrogens (tertiary/aromatic N) is 2. The number of benzene rings is 1. The average molecular weight is 259 g/mol. The topological polar surface area (TPSA) is 54.9 Å². The molecular formula is C14H14FN3O. The van der Waals surface area contributed by atoms with Gasteiger partial charge >= 0.3 is 0 Å². The summed E-state index contributed by atoms with van der Waals surface area (Å²) in [5.74, 6) is -0.516.